The highest BCUT2D eigenvalue weighted by molar-refractivity contribution is 6.30. The van der Waals surface area contributed by atoms with Crippen molar-refractivity contribution in [3.05, 3.63) is 34.9 Å². The zero-order valence-corrected chi connectivity index (χ0v) is 10.8. The maximum absolute atomic E-state index is 6.00. The fourth-order valence-electron chi connectivity index (χ4n) is 1.82. The van der Waals surface area contributed by atoms with Crippen LogP contribution >= 0.6 is 11.6 Å². The van der Waals surface area contributed by atoms with Gasteiger partial charge in [-0.2, -0.15) is 0 Å². The Morgan fingerprint density at radius 1 is 1.31 bits per heavy atom. The molecular formula is C13H18ClNO. The normalized spacial score (nSPS) is 29.0. The molecule has 1 aromatic carbocycles. The lowest BCUT2D eigenvalue weighted by Gasteiger charge is -2.42. The molecule has 1 saturated heterocycles. The van der Waals surface area contributed by atoms with Gasteiger partial charge >= 0.3 is 0 Å². The molecule has 88 valence electrons. The minimum absolute atomic E-state index is 0.193. The second kappa shape index (κ2) is 4.02. The minimum Gasteiger partial charge on any atom is -0.356 e. The summed E-state index contributed by atoms with van der Waals surface area (Å²) in [6.07, 6.45) is 0. The van der Waals surface area contributed by atoms with Crippen molar-refractivity contribution in [3.63, 3.8) is 0 Å². The van der Waals surface area contributed by atoms with Crippen LogP contribution in [0.15, 0.2) is 24.3 Å². The Balaban J connectivity index is 2.21. The van der Waals surface area contributed by atoms with E-state index in [0.29, 0.717) is 0 Å². The van der Waals surface area contributed by atoms with Gasteiger partial charge in [0.15, 0.2) is 0 Å². The molecule has 0 aliphatic carbocycles. The second-order valence-electron chi connectivity index (χ2n) is 5.35. The molecule has 1 unspecified atom stereocenters. The van der Waals surface area contributed by atoms with Crippen LogP contribution in [0.25, 0.3) is 0 Å². The lowest BCUT2D eigenvalue weighted by atomic mass is 9.90. The summed E-state index contributed by atoms with van der Waals surface area (Å²) in [6.45, 7) is 8.13. The standard InChI is InChI=1S/C13H18ClNO/c1-12(2)8-15-13(3,16-9-12)10-5-4-6-11(14)7-10/h4-7,15H,8-9H2,1-3H3. The molecule has 3 heteroatoms. The SMILES string of the molecule is CC1(C)CNC(C)(c2cccc(Cl)c2)OC1. The number of rotatable bonds is 1. The molecule has 1 heterocycles. The number of hydrogen-bond donors (Lipinski definition) is 1. The Kier molecular flexibility index (Phi) is 2.99. The van der Waals surface area contributed by atoms with E-state index in [0.717, 1.165) is 23.7 Å². The fourth-order valence-corrected chi connectivity index (χ4v) is 2.01. The number of benzene rings is 1. The van der Waals surface area contributed by atoms with Gasteiger partial charge in [-0.25, -0.2) is 0 Å². The van der Waals surface area contributed by atoms with Crippen LogP contribution in [-0.4, -0.2) is 13.2 Å². The largest absolute Gasteiger partial charge is 0.356 e. The van der Waals surface area contributed by atoms with Gasteiger partial charge in [-0.15, -0.1) is 0 Å². The maximum Gasteiger partial charge on any atom is 0.142 e. The molecule has 1 fully saturated rings. The molecule has 0 spiro atoms. The van der Waals surface area contributed by atoms with Crippen molar-refractivity contribution in [1.82, 2.24) is 5.32 Å². The molecule has 1 N–H and O–H groups in total. The van der Waals surface area contributed by atoms with Crippen molar-refractivity contribution in [1.29, 1.82) is 0 Å². The van der Waals surface area contributed by atoms with Crippen LogP contribution in [0, 0.1) is 5.41 Å². The molecule has 1 aliphatic heterocycles. The molecule has 2 rings (SSSR count). The predicted molar refractivity (Wildman–Crippen MR) is 66.5 cm³/mol. The molecular weight excluding hydrogens is 222 g/mol. The van der Waals surface area contributed by atoms with Crippen molar-refractivity contribution in [2.75, 3.05) is 13.2 Å². The first-order valence-corrected chi connectivity index (χ1v) is 5.94. The molecule has 1 aliphatic rings. The second-order valence-corrected chi connectivity index (χ2v) is 5.79. The molecule has 16 heavy (non-hydrogen) atoms. The third-order valence-corrected chi connectivity index (χ3v) is 3.27. The third-order valence-electron chi connectivity index (χ3n) is 3.03. The first kappa shape index (κ1) is 11.9. The van der Waals surface area contributed by atoms with Gasteiger partial charge in [0, 0.05) is 17.0 Å². The molecule has 0 aromatic heterocycles. The number of hydrogen-bond acceptors (Lipinski definition) is 2. The molecule has 1 aromatic rings. The van der Waals surface area contributed by atoms with Crippen molar-refractivity contribution >= 4 is 11.6 Å². The highest BCUT2D eigenvalue weighted by atomic mass is 35.5. The first-order valence-electron chi connectivity index (χ1n) is 5.56. The molecule has 0 radical (unpaired) electrons. The van der Waals surface area contributed by atoms with E-state index in [4.69, 9.17) is 16.3 Å². The summed E-state index contributed by atoms with van der Waals surface area (Å²) in [5, 5.41) is 4.19. The van der Waals surface area contributed by atoms with Crippen LogP contribution in [0.1, 0.15) is 26.3 Å². The van der Waals surface area contributed by atoms with Gasteiger partial charge in [-0.05, 0) is 24.6 Å². The van der Waals surface area contributed by atoms with Crippen molar-refractivity contribution in [3.8, 4) is 0 Å². The number of halogens is 1. The summed E-state index contributed by atoms with van der Waals surface area (Å²) in [5.41, 5.74) is 0.855. The van der Waals surface area contributed by atoms with E-state index in [-0.39, 0.29) is 5.41 Å². The predicted octanol–water partition coefficient (Wildman–Crippen LogP) is 3.16. The Labute approximate surface area is 102 Å². The van der Waals surface area contributed by atoms with Crippen LogP contribution in [0.4, 0.5) is 0 Å². The third kappa shape index (κ3) is 2.40. The quantitative estimate of drug-likeness (QED) is 0.813. The lowest BCUT2D eigenvalue weighted by molar-refractivity contribution is -0.131. The van der Waals surface area contributed by atoms with Crippen LogP contribution in [0.5, 0.6) is 0 Å². The Bertz CT molecular complexity index is 379. The topological polar surface area (TPSA) is 21.3 Å². The maximum atomic E-state index is 6.00. The van der Waals surface area contributed by atoms with Gasteiger partial charge in [0.2, 0.25) is 0 Å². The number of nitrogens with one attached hydrogen (secondary N) is 1. The Morgan fingerprint density at radius 3 is 2.62 bits per heavy atom. The van der Waals surface area contributed by atoms with Crippen LogP contribution in [0.2, 0.25) is 5.02 Å². The summed E-state index contributed by atoms with van der Waals surface area (Å²) in [6, 6.07) is 7.82. The van der Waals surface area contributed by atoms with Gasteiger partial charge in [0.25, 0.3) is 0 Å². The molecule has 0 bridgehead atoms. The molecule has 0 amide bonds. The van der Waals surface area contributed by atoms with Crippen molar-refractivity contribution in [2.24, 2.45) is 5.41 Å². The minimum atomic E-state index is -0.416. The zero-order valence-electron chi connectivity index (χ0n) is 10.0. The molecule has 2 nitrogen and oxygen atoms in total. The smallest absolute Gasteiger partial charge is 0.142 e. The van der Waals surface area contributed by atoms with Gasteiger partial charge in [0.1, 0.15) is 5.72 Å². The lowest BCUT2D eigenvalue weighted by Crippen LogP contribution is -2.53. The van der Waals surface area contributed by atoms with Crippen molar-refractivity contribution in [2.45, 2.75) is 26.5 Å². The van der Waals surface area contributed by atoms with Crippen molar-refractivity contribution < 1.29 is 4.74 Å². The zero-order chi connectivity index (χ0) is 11.8. The summed E-state index contributed by atoms with van der Waals surface area (Å²) in [4.78, 5) is 0. The van der Waals surface area contributed by atoms with E-state index in [1.54, 1.807) is 0 Å². The monoisotopic (exact) mass is 239 g/mol. The van der Waals surface area contributed by atoms with Gasteiger partial charge in [-0.1, -0.05) is 37.6 Å². The Hall–Kier alpha value is -0.570. The van der Waals surface area contributed by atoms with Gasteiger partial charge in [-0.3, -0.25) is 5.32 Å². The highest BCUT2D eigenvalue weighted by Gasteiger charge is 2.36. The molecule has 0 saturated carbocycles. The van der Waals surface area contributed by atoms with Gasteiger partial charge < -0.3 is 4.74 Å². The van der Waals surface area contributed by atoms with E-state index in [1.165, 1.54) is 0 Å². The Morgan fingerprint density at radius 2 is 2.06 bits per heavy atom. The van der Waals surface area contributed by atoms with E-state index in [9.17, 15) is 0 Å². The van der Waals surface area contributed by atoms with Crippen LogP contribution in [-0.2, 0) is 10.5 Å². The van der Waals surface area contributed by atoms with E-state index >= 15 is 0 Å². The average molecular weight is 240 g/mol. The molecule has 1 atom stereocenters. The van der Waals surface area contributed by atoms with Crippen LogP contribution in [0.3, 0.4) is 0 Å². The van der Waals surface area contributed by atoms with E-state index in [2.05, 4.69) is 19.2 Å². The summed E-state index contributed by atoms with van der Waals surface area (Å²) in [7, 11) is 0. The first-order chi connectivity index (χ1) is 7.41. The summed E-state index contributed by atoms with van der Waals surface area (Å²) < 4.78 is 5.95. The van der Waals surface area contributed by atoms with E-state index < -0.39 is 5.72 Å². The summed E-state index contributed by atoms with van der Waals surface area (Å²) in [5.74, 6) is 0. The number of ether oxygens (including phenoxy) is 1. The average Bonchev–Trinajstić information content (AvgIpc) is 2.23. The summed E-state index contributed by atoms with van der Waals surface area (Å²) >= 11 is 6.00. The van der Waals surface area contributed by atoms with Gasteiger partial charge in [0.05, 0.1) is 6.61 Å². The van der Waals surface area contributed by atoms with Crippen LogP contribution < -0.4 is 5.32 Å². The van der Waals surface area contributed by atoms with E-state index in [1.807, 2.05) is 31.2 Å². The fraction of sp³-hybridized carbons (Fsp3) is 0.538. The highest BCUT2D eigenvalue weighted by Crippen LogP contribution is 2.32.